The zero-order valence-corrected chi connectivity index (χ0v) is 9.47. The van der Waals surface area contributed by atoms with Gasteiger partial charge >= 0.3 is 6.18 Å². The van der Waals surface area contributed by atoms with E-state index in [0.717, 1.165) is 18.2 Å². The van der Waals surface area contributed by atoms with E-state index in [1.165, 1.54) is 12.1 Å². The Morgan fingerprint density at radius 2 is 1.84 bits per heavy atom. The lowest BCUT2D eigenvalue weighted by Crippen LogP contribution is -2.48. The molecule has 0 unspecified atom stereocenters. The van der Waals surface area contributed by atoms with Crippen LogP contribution in [0.15, 0.2) is 29.3 Å². The van der Waals surface area contributed by atoms with E-state index in [2.05, 4.69) is 4.99 Å². The van der Waals surface area contributed by atoms with Gasteiger partial charge in [0.15, 0.2) is 0 Å². The van der Waals surface area contributed by atoms with Crippen molar-refractivity contribution in [2.45, 2.75) is 30.5 Å². The molecule has 19 heavy (non-hydrogen) atoms. The summed E-state index contributed by atoms with van der Waals surface area (Å²) >= 11 is 0. The number of benzene rings is 1. The molecule has 0 aliphatic heterocycles. The fourth-order valence-corrected chi connectivity index (χ4v) is 2.22. The van der Waals surface area contributed by atoms with Crippen LogP contribution in [0.2, 0.25) is 0 Å². The van der Waals surface area contributed by atoms with Gasteiger partial charge in [0, 0.05) is 12.8 Å². The van der Waals surface area contributed by atoms with Crippen LogP contribution in [0.3, 0.4) is 0 Å². The van der Waals surface area contributed by atoms with E-state index in [0.29, 0.717) is 0 Å². The maximum Gasteiger partial charge on any atom is 0.416 e. The van der Waals surface area contributed by atoms with Crippen LogP contribution in [0.25, 0.3) is 0 Å². The minimum atomic E-state index is -4.58. The number of nitrogens with zero attached hydrogens (tertiary/aromatic N) is 1. The highest BCUT2D eigenvalue weighted by Crippen LogP contribution is 2.54. The standard InChI is InChI=1S/C12H8F5NO/c13-11(14)5-10(6-11,18-7-19)8-2-1-3-9(4-8)12(15,16)17/h1-4H,5-6H2. The monoisotopic (exact) mass is 277 g/mol. The number of isocyanates is 1. The predicted octanol–water partition coefficient (Wildman–Crippen LogP) is 3.67. The van der Waals surface area contributed by atoms with Gasteiger partial charge in [0.05, 0.1) is 5.56 Å². The van der Waals surface area contributed by atoms with E-state index < -0.39 is 36.0 Å². The van der Waals surface area contributed by atoms with Gasteiger partial charge in [0.1, 0.15) is 5.54 Å². The van der Waals surface area contributed by atoms with Crippen LogP contribution in [0.4, 0.5) is 22.0 Å². The Labute approximate surface area is 104 Å². The molecule has 1 aliphatic carbocycles. The van der Waals surface area contributed by atoms with Gasteiger partial charge in [-0.3, -0.25) is 0 Å². The third kappa shape index (κ3) is 2.51. The van der Waals surface area contributed by atoms with Gasteiger partial charge < -0.3 is 0 Å². The van der Waals surface area contributed by atoms with Crippen LogP contribution in [-0.2, 0) is 16.5 Å². The molecule has 0 aromatic heterocycles. The molecular weight excluding hydrogens is 269 g/mol. The molecule has 0 spiro atoms. The first-order valence-corrected chi connectivity index (χ1v) is 5.33. The SMILES string of the molecule is O=C=NC1(c2cccc(C(F)(F)F)c2)CC(F)(F)C1. The average Bonchev–Trinajstić information content (AvgIpc) is 2.25. The zero-order valence-electron chi connectivity index (χ0n) is 9.47. The molecule has 0 atom stereocenters. The largest absolute Gasteiger partial charge is 0.416 e. The van der Waals surface area contributed by atoms with Gasteiger partial charge in [-0.15, -0.1) is 0 Å². The Balaban J connectivity index is 2.43. The van der Waals surface area contributed by atoms with E-state index in [-0.39, 0.29) is 5.56 Å². The summed E-state index contributed by atoms with van der Waals surface area (Å²) < 4.78 is 63.6. The Bertz CT molecular complexity index is 537. The van der Waals surface area contributed by atoms with Gasteiger partial charge in [0.2, 0.25) is 6.08 Å². The Hall–Kier alpha value is -1.75. The van der Waals surface area contributed by atoms with Crippen molar-refractivity contribution < 1.29 is 26.7 Å². The normalized spacial score (nSPS) is 20.3. The zero-order chi connectivity index (χ0) is 14.3. The van der Waals surface area contributed by atoms with Crippen molar-refractivity contribution in [1.29, 1.82) is 0 Å². The smallest absolute Gasteiger partial charge is 0.211 e. The Kier molecular flexibility index (Phi) is 2.97. The molecule has 1 fully saturated rings. The second-order valence-electron chi connectivity index (χ2n) is 4.52. The third-order valence-corrected chi connectivity index (χ3v) is 3.09. The van der Waals surface area contributed by atoms with Crippen LogP contribution in [0.1, 0.15) is 24.0 Å². The lowest BCUT2D eigenvalue weighted by Gasteiger charge is -2.43. The second-order valence-corrected chi connectivity index (χ2v) is 4.52. The summed E-state index contributed by atoms with van der Waals surface area (Å²) in [7, 11) is 0. The summed E-state index contributed by atoms with van der Waals surface area (Å²) in [4.78, 5) is 13.6. The number of hydrogen-bond acceptors (Lipinski definition) is 2. The number of rotatable bonds is 2. The lowest BCUT2D eigenvalue weighted by molar-refractivity contribution is -0.138. The number of carbonyl (C=O) groups excluding carboxylic acids is 1. The van der Waals surface area contributed by atoms with E-state index in [1.807, 2.05) is 0 Å². The van der Waals surface area contributed by atoms with E-state index in [1.54, 1.807) is 0 Å². The summed E-state index contributed by atoms with van der Waals surface area (Å²) in [6.45, 7) is 0. The molecule has 1 saturated carbocycles. The highest BCUT2D eigenvalue weighted by Gasteiger charge is 2.58. The van der Waals surface area contributed by atoms with Gasteiger partial charge in [-0.1, -0.05) is 12.1 Å². The number of alkyl halides is 5. The lowest BCUT2D eigenvalue weighted by atomic mass is 9.69. The highest BCUT2D eigenvalue weighted by atomic mass is 19.4. The molecule has 7 heteroatoms. The van der Waals surface area contributed by atoms with Crippen molar-refractivity contribution in [3.63, 3.8) is 0 Å². The van der Waals surface area contributed by atoms with Gasteiger partial charge in [-0.2, -0.15) is 18.2 Å². The molecule has 0 amide bonds. The maximum atomic E-state index is 13.0. The highest BCUT2D eigenvalue weighted by molar-refractivity contribution is 5.42. The minimum Gasteiger partial charge on any atom is -0.211 e. The first-order valence-electron chi connectivity index (χ1n) is 5.33. The van der Waals surface area contributed by atoms with Crippen molar-refractivity contribution in [3.05, 3.63) is 35.4 Å². The summed E-state index contributed by atoms with van der Waals surface area (Å²) in [6, 6.07) is 3.94. The molecule has 0 bridgehead atoms. The van der Waals surface area contributed by atoms with E-state index in [4.69, 9.17) is 0 Å². The van der Waals surface area contributed by atoms with Crippen molar-refractivity contribution in [2.75, 3.05) is 0 Å². The van der Waals surface area contributed by atoms with Gasteiger partial charge in [-0.25, -0.2) is 13.6 Å². The molecule has 1 aromatic rings. The predicted molar refractivity (Wildman–Crippen MR) is 55.4 cm³/mol. The molecule has 0 heterocycles. The van der Waals surface area contributed by atoms with Crippen LogP contribution < -0.4 is 0 Å². The maximum absolute atomic E-state index is 13.0. The fraction of sp³-hybridized carbons (Fsp3) is 0.417. The first kappa shape index (κ1) is 13.7. The summed E-state index contributed by atoms with van der Waals surface area (Å²) in [5, 5.41) is 0. The molecule has 102 valence electrons. The summed E-state index contributed by atoms with van der Waals surface area (Å²) in [6.07, 6.45) is -4.97. The van der Waals surface area contributed by atoms with Crippen LogP contribution >= 0.6 is 0 Å². The third-order valence-electron chi connectivity index (χ3n) is 3.09. The van der Waals surface area contributed by atoms with E-state index >= 15 is 0 Å². The second kappa shape index (κ2) is 4.13. The molecule has 0 N–H and O–H groups in total. The van der Waals surface area contributed by atoms with Crippen molar-refractivity contribution in [2.24, 2.45) is 4.99 Å². The molecule has 1 aliphatic rings. The molecule has 2 nitrogen and oxygen atoms in total. The molecule has 1 aromatic carbocycles. The van der Waals surface area contributed by atoms with Gasteiger partial charge in [0.25, 0.3) is 5.92 Å². The average molecular weight is 277 g/mol. The minimum absolute atomic E-state index is 0.0448. The Morgan fingerprint density at radius 1 is 1.21 bits per heavy atom. The number of halogens is 5. The summed E-state index contributed by atoms with van der Waals surface area (Å²) in [5.41, 5.74) is -2.59. The molecule has 0 saturated heterocycles. The summed E-state index contributed by atoms with van der Waals surface area (Å²) in [5.74, 6) is -3.02. The van der Waals surface area contributed by atoms with Crippen LogP contribution in [0.5, 0.6) is 0 Å². The molecular formula is C12H8F5NO. The number of hydrogen-bond donors (Lipinski definition) is 0. The van der Waals surface area contributed by atoms with Crippen LogP contribution in [-0.4, -0.2) is 12.0 Å². The quantitative estimate of drug-likeness (QED) is 0.461. The number of aliphatic imine (C=N–C) groups is 1. The van der Waals surface area contributed by atoms with Crippen molar-refractivity contribution in [3.8, 4) is 0 Å². The molecule has 0 radical (unpaired) electrons. The van der Waals surface area contributed by atoms with Crippen molar-refractivity contribution >= 4 is 6.08 Å². The van der Waals surface area contributed by atoms with E-state index in [9.17, 15) is 26.7 Å². The first-order chi connectivity index (χ1) is 8.69. The Morgan fingerprint density at radius 3 is 2.32 bits per heavy atom. The van der Waals surface area contributed by atoms with Crippen molar-refractivity contribution in [1.82, 2.24) is 0 Å². The van der Waals surface area contributed by atoms with Crippen LogP contribution in [0, 0.1) is 0 Å². The molecule has 2 rings (SSSR count). The fourth-order valence-electron chi connectivity index (χ4n) is 2.22. The van der Waals surface area contributed by atoms with Gasteiger partial charge in [-0.05, 0) is 17.7 Å². The topological polar surface area (TPSA) is 29.4 Å².